The first kappa shape index (κ1) is 18.7. The molecule has 0 aliphatic heterocycles. The molecule has 2 N–H and O–H groups in total. The van der Waals surface area contributed by atoms with Gasteiger partial charge in [0.1, 0.15) is 10.6 Å². The first-order chi connectivity index (χ1) is 11.2. The molecule has 0 atom stereocenters. The minimum atomic E-state index is -3.80. The first-order valence-electron chi connectivity index (χ1n) is 6.89. The van der Waals surface area contributed by atoms with Crippen molar-refractivity contribution in [2.75, 3.05) is 11.9 Å². The van der Waals surface area contributed by atoms with Crippen LogP contribution in [-0.2, 0) is 14.8 Å². The maximum Gasteiger partial charge on any atom is 0.245 e. The molecular weight excluding hydrogens is 377 g/mol. The molecule has 2 aromatic rings. The van der Waals surface area contributed by atoms with Crippen molar-refractivity contribution in [1.29, 1.82) is 0 Å². The number of sulfonamides is 1. The Morgan fingerprint density at radius 1 is 1.29 bits per heavy atom. The minimum Gasteiger partial charge on any atom is -0.360 e. The number of carbonyl (C=O) groups is 1. The van der Waals surface area contributed by atoms with Gasteiger partial charge in [-0.1, -0.05) is 34.4 Å². The van der Waals surface area contributed by atoms with E-state index in [2.05, 4.69) is 15.2 Å². The summed E-state index contributed by atoms with van der Waals surface area (Å²) in [6.07, 6.45) is -0.0779. The van der Waals surface area contributed by atoms with Gasteiger partial charge in [-0.15, -0.1) is 0 Å². The third-order valence-electron chi connectivity index (χ3n) is 3.11. The smallest absolute Gasteiger partial charge is 0.245 e. The van der Waals surface area contributed by atoms with Gasteiger partial charge in [-0.25, -0.2) is 13.1 Å². The lowest BCUT2D eigenvalue weighted by Crippen LogP contribution is -2.28. The predicted molar refractivity (Wildman–Crippen MR) is 90.9 cm³/mol. The van der Waals surface area contributed by atoms with E-state index >= 15 is 0 Å². The van der Waals surface area contributed by atoms with E-state index in [1.807, 2.05) is 0 Å². The number of anilines is 1. The summed E-state index contributed by atoms with van der Waals surface area (Å²) in [6.45, 7) is 2.94. The van der Waals surface area contributed by atoms with Gasteiger partial charge >= 0.3 is 0 Å². The maximum atomic E-state index is 12.2. The van der Waals surface area contributed by atoms with Gasteiger partial charge in [0.05, 0.1) is 15.7 Å². The molecule has 0 fully saturated rings. The summed E-state index contributed by atoms with van der Waals surface area (Å²) < 4.78 is 31.6. The Morgan fingerprint density at radius 2 is 2.00 bits per heavy atom. The molecule has 0 spiro atoms. The quantitative estimate of drug-likeness (QED) is 0.787. The van der Waals surface area contributed by atoms with Crippen LogP contribution in [0.3, 0.4) is 0 Å². The van der Waals surface area contributed by atoms with E-state index in [4.69, 9.17) is 27.7 Å². The summed E-state index contributed by atoms with van der Waals surface area (Å²) in [4.78, 5) is 11.9. The second kappa shape index (κ2) is 7.52. The molecule has 7 nitrogen and oxygen atoms in total. The standard InChI is InChI=1S/C14H15Cl2N3O4S/c1-8-14(9(2)23-19-8)24(21,22)17-7-6-12(20)18-11-5-3-4-10(15)13(11)16/h3-5,17H,6-7H2,1-2H3,(H,18,20). The highest BCUT2D eigenvalue weighted by Gasteiger charge is 2.23. The van der Waals surface area contributed by atoms with Crippen LogP contribution in [0.2, 0.25) is 10.0 Å². The average molecular weight is 392 g/mol. The summed E-state index contributed by atoms with van der Waals surface area (Å²) in [5.41, 5.74) is 0.623. The van der Waals surface area contributed by atoms with Crippen molar-refractivity contribution in [3.05, 3.63) is 39.7 Å². The van der Waals surface area contributed by atoms with Crippen molar-refractivity contribution in [2.45, 2.75) is 25.2 Å². The number of amides is 1. The Morgan fingerprint density at radius 3 is 2.62 bits per heavy atom. The van der Waals surface area contributed by atoms with E-state index in [-0.39, 0.29) is 34.3 Å². The van der Waals surface area contributed by atoms with Gasteiger partial charge < -0.3 is 9.84 Å². The Bertz CT molecular complexity index is 845. The number of nitrogens with one attached hydrogen (secondary N) is 2. The Labute approximate surface area is 149 Å². The third-order valence-corrected chi connectivity index (χ3v) is 5.63. The van der Waals surface area contributed by atoms with Gasteiger partial charge in [0.2, 0.25) is 15.9 Å². The number of nitrogens with zero attached hydrogens (tertiary/aromatic N) is 1. The first-order valence-corrected chi connectivity index (χ1v) is 9.12. The van der Waals surface area contributed by atoms with Gasteiger partial charge in [0, 0.05) is 13.0 Å². The Hall–Kier alpha value is -1.61. The number of aryl methyl sites for hydroxylation is 2. The zero-order valence-corrected chi connectivity index (χ0v) is 15.2. The normalized spacial score (nSPS) is 11.5. The largest absolute Gasteiger partial charge is 0.360 e. The zero-order valence-electron chi connectivity index (χ0n) is 12.9. The Balaban J connectivity index is 1.94. The number of halogens is 2. The number of hydrogen-bond acceptors (Lipinski definition) is 5. The molecule has 1 aromatic carbocycles. The molecular formula is C14H15Cl2N3O4S. The second-order valence-electron chi connectivity index (χ2n) is 4.95. The van der Waals surface area contributed by atoms with Crippen molar-refractivity contribution in [3.63, 3.8) is 0 Å². The number of benzene rings is 1. The number of hydrogen-bond donors (Lipinski definition) is 2. The molecule has 24 heavy (non-hydrogen) atoms. The lowest BCUT2D eigenvalue weighted by Gasteiger charge is -2.09. The van der Waals surface area contributed by atoms with E-state index in [1.54, 1.807) is 18.2 Å². The molecule has 1 heterocycles. The van der Waals surface area contributed by atoms with Crippen LogP contribution in [0.15, 0.2) is 27.6 Å². The molecule has 10 heteroatoms. The van der Waals surface area contributed by atoms with Crippen molar-refractivity contribution in [2.24, 2.45) is 0 Å². The molecule has 0 aliphatic carbocycles. The lowest BCUT2D eigenvalue weighted by molar-refractivity contribution is -0.116. The minimum absolute atomic E-state index is 0.0132. The number of rotatable bonds is 6. The summed E-state index contributed by atoms with van der Waals surface area (Å²) >= 11 is 11.8. The fourth-order valence-corrected chi connectivity index (χ4v) is 3.75. The second-order valence-corrected chi connectivity index (χ2v) is 7.44. The predicted octanol–water partition coefficient (Wildman–Crippen LogP) is 2.91. The third kappa shape index (κ3) is 4.27. The van der Waals surface area contributed by atoms with Gasteiger partial charge in [0.25, 0.3) is 0 Å². The molecule has 0 aliphatic rings. The van der Waals surface area contributed by atoms with Crippen molar-refractivity contribution >= 4 is 44.8 Å². The van der Waals surface area contributed by atoms with Gasteiger partial charge in [-0.05, 0) is 26.0 Å². The topological polar surface area (TPSA) is 101 Å². The molecule has 1 amide bonds. The summed E-state index contributed by atoms with van der Waals surface area (Å²) in [5.74, 6) is -0.212. The number of carbonyl (C=O) groups excluding carboxylic acids is 1. The maximum absolute atomic E-state index is 12.2. The monoisotopic (exact) mass is 391 g/mol. The highest BCUT2D eigenvalue weighted by atomic mass is 35.5. The molecule has 130 valence electrons. The van der Waals surface area contributed by atoms with Crippen LogP contribution in [0.4, 0.5) is 5.69 Å². The highest BCUT2D eigenvalue weighted by molar-refractivity contribution is 7.89. The molecule has 0 unspecified atom stereocenters. The van der Waals surface area contributed by atoms with Crippen LogP contribution in [0, 0.1) is 13.8 Å². The van der Waals surface area contributed by atoms with E-state index < -0.39 is 15.9 Å². The summed E-state index contributed by atoms with van der Waals surface area (Å²) in [6, 6.07) is 4.83. The zero-order chi connectivity index (χ0) is 17.9. The van der Waals surface area contributed by atoms with Crippen molar-refractivity contribution < 1.29 is 17.7 Å². The van der Waals surface area contributed by atoms with Crippen LogP contribution in [0.1, 0.15) is 17.9 Å². The molecule has 0 bridgehead atoms. The van der Waals surface area contributed by atoms with Gasteiger partial charge in [0.15, 0.2) is 5.76 Å². The molecule has 1 aromatic heterocycles. The molecule has 0 radical (unpaired) electrons. The van der Waals surface area contributed by atoms with Gasteiger partial charge in [-0.3, -0.25) is 4.79 Å². The SMILES string of the molecule is Cc1noc(C)c1S(=O)(=O)NCCC(=O)Nc1cccc(Cl)c1Cl. The van der Waals surface area contributed by atoms with E-state index in [9.17, 15) is 13.2 Å². The fraction of sp³-hybridized carbons (Fsp3) is 0.286. The molecule has 0 saturated carbocycles. The molecule has 2 rings (SSSR count). The van der Waals surface area contributed by atoms with E-state index in [0.717, 1.165) is 0 Å². The fourth-order valence-electron chi connectivity index (χ4n) is 2.04. The van der Waals surface area contributed by atoms with Crippen LogP contribution < -0.4 is 10.0 Å². The van der Waals surface area contributed by atoms with E-state index in [1.165, 1.54) is 13.8 Å². The van der Waals surface area contributed by atoms with Crippen LogP contribution in [-0.4, -0.2) is 26.0 Å². The summed E-state index contributed by atoms with van der Waals surface area (Å²) in [5, 5.41) is 6.71. The van der Waals surface area contributed by atoms with Crippen LogP contribution in [0.5, 0.6) is 0 Å². The molecule has 0 saturated heterocycles. The number of aromatic nitrogens is 1. The van der Waals surface area contributed by atoms with Gasteiger partial charge in [-0.2, -0.15) is 0 Å². The van der Waals surface area contributed by atoms with Crippen molar-refractivity contribution in [1.82, 2.24) is 9.88 Å². The summed E-state index contributed by atoms with van der Waals surface area (Å²) in [7, 11) is -3.80. The highest BCUT2D eigenvalue weighted by Crippen LogP contribution is 2.29. The van der Waals surface area contributed by atoms with Crippen molar-refractivity contribution in [3.8, 4) is 0 Å². The Kier molecular flexibility index (Phi) is 5.87. The van der Waals surface area contributed by atoms with Crippen LogP contribution >= 0.6 is 23.2 Å². The van der Waals surface area contributed by atoms with E-state index in [0.29, 0.717) is 10.7 Å². The average Bonchev–Trinajstić information content (AvgIpc) is 2.83. The van der Waals surface area contributed by atoms with Crippen LogP contribution in [0.25, 0.3) is 0 Å². The lowest BCUT2D eigenvalue weighted by atomic mass is 10.3.